The number of rotatable bonds is 6. The Kier molecular flexibility index (Phi) is 6.78. The molecule has 0 aromatic heterocycles. The first kappa shape index (κ1) is 16.2. The summed E-state index contributed by atoms with van der Waals surface area (Å²) in [6, 6.07) is 7.42. The van der Waals surface area contributed by atoms with Gasteiger partial charge in [0, 0.05) is 0 Å². The minimum atomic E-state index is -0.265. The summed E-state index contributed by atoms with van der Waals surface area (Å²) in [7, 11) is 0. The lowest BCUT2D eigenvalue weighted by Crippen LogP contribution is -2.05. The SMILES string of the molecule is CC(C)=CCC/C(C)=C/COC(=O)c1ccc(C)cc1. The van der Waals surface area contributed by atoms with E-state index in [0.29, 0.717) is 12.2 Å². The molecule has 108 valence electrons. The van der Waals surface area contributed by atoms with Crippen LogP contribution in [-0.2, 0) is 4.74 Å². The lowest BCUT2D eigenvalue weighted by atomic mass is 10.1. The molecule has 1 aromatic carbocycles. The molecule has 0 amide bonds. The van der Waals surface area contributed by atoms with Gasteiger partial charge in [0.15, 0.2) is 0 Å². The Morgan fingerprint density at radius 1 is 1.10 bits per heavy atom. The number of aryl methyl sites for hydroxylation is 1. The molecule has 0 heterocycles. The van der Waals surface area contributed by atoms with Gasteiger partial charge in [-0.15, -0.1) is 0 Å². The van der Waals surface area contributed by atoms with E-state index in [-0.39, 0.29) is 5.97 Å². The monoisotopic (exact) mass is 272 g/mol. The lowest BCUT2D eigenvalue weighted by molar-refractivity contribution is 0.0549. The molecule has 0 unspecified atom stereocenters. The van der Waals surface area contributed by atoms with Gasteiger partial charge in [-0.05, 0) is 58.7 Å². The van der Waals surface area contributed by atoms with Gasteiger partial charge in [0.2, 0.25) is 0 Å². The number of hydrogen-bond donors (Lipinski definition) is 0. The minimum absolute atomic E-state index is 0.265. The van der Waals surface area contributed by atoms with Crippen LogP contribution in [0.5, 0.6) is 0 Å². The fourth-order valence-corrected chi connectivity index (χ4v) is 1.72. The zero-order chi connectivity index (χ0) is 15.0. The molecule has 0 atom stereocenters. The maximum absolute atomic E-state index is 11.8. The van der Waals surface area contributed by atoms with Gasteiger partial charge in [-0.3, -0.25) is 0 Å². The average Bonchev–Trinajstić information content (AvgIpc) is 2.39. The van der Waals surface area contributed by atoms with Crippen LogP contribution in [0.2, 0.25) is 0 Å². The maximum atomic E-state index is 11.8. The topological polar surface area (TPSA) is 26.3 Å². The highest BCUT2D eigenvalue weighted by Crippen LogP contribution is 2.08. The Morgan fingerprint density at radius 3 is 2.35 bits per heavy atom. The summed E-state index contributed by atoms with van der Waals surface area (Å²) in [5, 5.41) is 0. The number of carbonyl (C=O) groups excluding carboxylic acids is 1. The molecule has 0 fully saturated rings. The summed E-state index contributed by atoms with van der Waals surface area (Å²) >= 11 is 0. The number of benzene rings is 1. The highest BCUT2D eigenvalue weighted by Gasteiger charge is 2.04. The van der Waals surface area contributed by atoms with E-state index in [1.54, 1.807) is 12.1 Å². The Morgan fingerprint density at radius 2 is 1.75 bits per heavy atom. The third kappa shape index (κ3) is 6.37. The third-order valence-electron chi connectivity index (χ3n) is 3.02. The van der Waals surface area contributed by atoms with E-state index in [1.807, 2.05) is 25.1 Å². The fourth-order valence-electron chi connectivity index (χ4n) is 1.72. The van der Waals surface area contributed by atoms with Crippen LogP contribution in [0, 0.1) is 6.92 Å². The summed E-state index contributed by atoms with van der Waals surface area (Å²) in [4.78, 5) is 11.8. The van der Waals surface area contributed by atoms with Crippen molar-refractivity contribution in [2.45, 2.75) is 40.5 Å². The van der Waals surface area contributed by atoms with E-state index in [1.165, 1.54) is 11.1 Å². The fraction of sp³-hybridized carbons (Fsp3) is 0.389. The van der Waals surface area contributed by atoms with Crippen LogP contribution in [-0.4, -0.2) is 12.6 Å². The molecule has 0 radical (unpaired) electrons. The van der Waals surface area contributed by atoms with Crippen LogP contribution in [0.3, 0.4) is 0 Å². The van der Waals surface area contributed by atoms with Crippen LogP contribution in [0.15, 0.2) is 47.6 Å². The maximum Gasteiger partial charge on any atom is 0.338 e. The molecular formula is C18H24O2. The third-order valence-corrected chi connectivity index (χ3v) is 3.02. The van der Waals surface area contributed by atoms with Crippen molar-refractivity contribution in [2.24, 2.45) is 0 Å². The average molecular weight is 272 g/mol. The van der Waals surface area contributed by atoms with Crippen molar-refractivity contribution in [2.75, 3.05) is 6.61 Å². The normalized spacial score (nSPS) is 11.1. The second-order valence-electron chi connectivity index (χ2n) is 5.34. The zero-order valence-corrected chi connectivity index (χ0v) is 12.9. The summed E-state index contributed by atoms with van der Waals surface area (Å²) in [6.45, 7) is 8.60. The van der Waals surface area contributed by atoms with Crippen molar-refractivity contribution in [1.29, 1.82) is 0 Å². The number of allylic oxidation sites excluding steroid dienone is 3. The van der Waals surface area contributed by atoms with Crippen LogP contribution in [0.4, 0.5) is 0 Å². The predicted molar refractivity (Wildman–Crippen MR) is 83.9 cm³/mol. The van der Waals surface area contributed by atoms with Crippen molar-refractivity contribution < 1.29 is 9.53 Å². The lowest BCUT2D eigenvalue weighted by Gasteiger charge is -2.04. The Labute approximate surface area is 122 Å². The standard InChI is InChI=1S/C18H24O2/c1-14(2)6-5-7-15(3)12-13-20-18(19)17-10-8-16(4)9-11-17/h6,8-12H,5,7,13H2,1-4H3/b15-12+. The second-order valence-corrected chi connectivity index (χ2v) is 5.34. The van der Waals surface area contributed by atoms with E-state index < -0.39 is 0 Å². The van der Waals surface area contributed by atoms with Crippen LogP contribution < -0.4 is 0 Å². The van der Waals surface area contributed by atoms with E-state index in [9.17, 15) is 4.79 Å². The number of esters is 1. The van der Waals surface area contributed by atoms with Crippen molar-refractivity contribution >= 4 is 5.97 Å². The molecule has 20 heavy (non-hydrogen) atoms. The molecule has 0 spiro atoms. The molecule has 1 aromatic rings. The van der Waals surface area contributed by atoms with Gasteiger partial charge in [0.25, 0.3) is 0 Å². The number of ether oxygens (including phenoxy) is 1. The smallest absolute Gasteiger partial charge is 0.338 e. The van der Waals surface area contributed by atoms with Crippen LogP contribution in [0.1, 0.15) is 49.5 Å². The molecule has 0 aliphatic rings. The van der Waals surface area contributed by atoms with E-state index >= 15 is 0 Å². The molecular weight excluding hydrogens is 248 g/mol. The first-order valence-electron chi connectivity index (χ1n) is 7.02. The molecule has 0 aliphatic heterocycles. The van der Waals surface area contributed by atoms with Gasteiger partial charge < -0.3 is 4.74 Å². The Bertz CT molecular complexity index is 489. The Hall–Kier alpha value is -1.83. The first-order chi connectivity index (χ1) is 9.49. The largest absolute Gasteiger partial charge is 0.458 e. The van der Waals surface area contributed by atoms with Crippen molar-refractivity contribution in [3.63, 3.8) is 0 Å². The summed E-state index contributed by atoms with van der Waals surface area (Å²) in [6.07, 6.45) is 6.24. The molecule has 2 nitrogen and oxygen atoms in total. The Balaban J connectivity index is 2.37. The van der Waals surface area contributed by atoms with Crippen molar-refractivity contribution in [3.8, 4) is 0 Å². The number of carbonyl (C=O) groups is 1. The summed E-state index contributed by atoms with van der Waals surface area (Å²) in [5.74, 6) is -0.265. The highest BCUT2D eigenvalue weighted by atomic mass is 16.5. The molecule has 1 rings (SSSR count). The van der Waals surface area contributed by atoms with Gasteiger partial charge in [0.1, 0.15) is 6.61 Å². The van der Waals surface area contributed by atoms with E-state index in [0.717, 1.165) is 18.4 Å². The van der Waals surface area contributed by atoms with Gasteiger partial charge in [-0.2, -0.15) is 0 Å². The van der Waals surface area contributed by atoms with Crippen molar-refractivity contribution in [1.82, 2.24) is 0 Å². The van der Waals surface area contributed by atoms with Gasteiger partial charge >= 0.3 is 5.97 Å². The molecule has 0 saturated heterocycles. The quantitative estimate of drug-likeness (QED) is 0.547. The summed E-state index contributed by atoms with van der Waals surface area (Å²) < 4.78 is 5.24. The zero-order valence-electron chi connectivity index (χ0n) is 12.9. The predicted octanol–water partition coefficient (Wildman–Crippen LogP) is 4.84. The van der Waals surface area contributed by atoms with E-state index in [2.05, 4.69) is 26.8 Å². The van der Waals surface area contributed by atoms with Crippen LogP contribution in [0.25, 0.3) is 0 Å². The van der Waals surface area contributed by atoms with E-state index in [4.69, 9.17) is 4.74 Å². The molecule has 0 aliphatic carbocycles. The van der Waals surface area contributed by atoms with Gasteiger partial charge in [-0.25, -0.2) is 4.79 Å². The number of hydrogen-bond acceptors (Lipinski definition) is 2. The molecule has 0 N–H and O–H groups in total. The van der Waals surface area contributed by atoms with Gasteiger partial charge in [-0.1, -0.05) is 34.9 Å². The second kappa shape index (κ2) is 8.36. The minimum Gasteiger partial charge on any atom is -0.458 e. The molecule has 0 bridgehead atoms. The first-order valence-corrected chi connectivity index (χ1v) is 7.02. The van der Waals surface area contributed by atoms with Crippen molar-refractivity contribution in [3.05, 3.63) is 58.7 Å². The van der Waals surface area contributed by atoms with Gasteiger partial charge in [0.05, 0.1) is 5.56 Å². The van der Waals surface area contributed by atoms with Crippen LogP contribution >= 0.6 is 0 Å². The summed E-state index contributed by atoms with van der Waals surface area (Å²) in [5.41, 5.74) is 4.32. The molecule has 0 saturated carbocycles. The highest BCUT2D eigenvalue weighted by molar-refractivity contribution is 5.89. The molecule has 2 heteroatoms.